The van der Waals surface area contributed by atoms with E-state index in [1.807, 2.05) is 39.0 Å². The first-order valence-corrected chi connectivity index (χ1v) is 9.41. The largest absolute Gasteiger partial charge is 0.495 e. The minimum atomic E-state index is -0.592. The fourth-order valence-corrected chi connectivity index (χ4v) is 3.07. The van der Waals surface area contributed by atoms with Crippen LogP contribution in [0.5, 0.6) is 5.75 Å². The number of anilines is 1. The predicted molar refractivity (Wildman–Crippen MR) is 106 cm³/mol. The van der Waals surface area contributed by atoms with Crippen molar-refractivity contribution in [1.29, 1.82) is 0 Å². The summed E-state index contributed by atoms with van der Waals surface area (Å²) < 4.78 is 10.8. The normalized spacial score (nSPS) is 17.6. The zero-order chi connectivity index (χ0) is 20.4. The summed E-state index contributed by atoms with van der Waals surface area (Å²) in [7, 11) is 1.57. The Morgan fingerprint density at radius 3 is 2.37 bits per heavy atom. The van der Waals surface area contributed by atoms with E-state index in [1.165, 1.54) is 4.90 Å². The molecule has 150 valence electrons. The number of nitrogens with one attached hydrogen (secondary N) is 1. The molecule has 0 spiro atoms. The molecule has 2 rings (SSSR count). The number of hydrogen-bond acceptors (Lipinski definition) is 4. The highest BCUT2D eigenvalue weighted by Gasteiger charge is 2.37. The van der Waals surface area contributed by atoms with Crippen LogP contribution >= 0.6 is 0 Å². The molecule has 0 saturated carbocycles. The van der Waals surface area contributed by atoms with Crippen molar-refractivity contribution in [3.63, 3.8) is 0 Å². The first kappa shape index (κ1) is 21.1. The molecule has 1 aliphatic rings. The fraction of sp³-hybridized carbons (Fsp3) is 0.619. The van der Waals surface area contributed by atoms with Crippen molar-refractivity contribution in [1.82, 2.24) is 4.90 Å². The van der Waals surface area contributed by atoms with Crippen LogP contribution in [0.15, 0.2) is 18.2 Å². The summed E-state index contributed by atoms with van der Waals surface area (Å²) in [6, 6.07) is 5.25. The summed E-state index contributed by atoms with van der Waals surface area (Å²) in [5.41, 5.74) is 1.06. The van der Waals surface area contributed by atoms with Gasteiger partial charge in [0.15, 0.2) is 0 Å². The molecule has 1 aromatic carbocycles. The average Bonchev–Trinajstić information content (AvgIpc) is 3.02. The maximum Gasteiger partial charge on any atom is 0.410 e. The third-order valence-electron chi connectivity index (χ3n) is 4.51. The van der Waals surface area contributed by atoms with Crippen molar-refractivity contribution in [2.45, 2.75) is 71.4 Å². The number of ether oxygens (including phenoxy) is 2. The topological polar surface area (TPSA) is 67.9 Å². The van der Waals surface area contributed by atoms with E-state index in [0.717, 1.165) is 12.0 Å². The van der Waals surface area contributed by atoms with Gasteiger partial charge in [0.25, 0.3) is 0 Å². The summed E-state index contributed by atoms with van der Waals surface area (Å²) in [5, 5.41) is 2.95. The number of rotatable bonds is 3. The van der Waals surface area contributed by atoms with Crippen LogP contribution in [0.4, 0.5) is 10.5 Å². The van der Waals surface area contributed by atoms with E-state index in [4.69, 9.17) is 9.47 Å². The molecule has 0 unspecified atom stereocenters. The van der Waals surface area contributed by atoms with Gasteiger partial charge >= 0.3 is 6.09 Å². The van der Waals surface area contributed by atoms with Crippen molar-refractivity contribution in [2.75, 3.05) is 19.0 Å². The van der Waals surface area contributed by atoms with Crippen LogP contribution in [0.3, 0.4) is 0 Å². The highest BCUT2D eigenvalue weighted by atomic mass is 16.6. The molecular weight excluding hydrogens is 344 g/mol. The molecule has 1 aromatic rings. The van der Waals surface area contributed by atoms with Gasteiger partial charge < -0.3 is 14.8 Å². The molecule has 1 atom stereocenters. The van der Waals surface area contributed by atoms with Crippen molar-refractivity contribution in [3.05, 3.63) is 23.8 Å². The summed E-state index contributed by atoms with van der Waals surface area (Å²) >= 11 is 0. The van der Waals surface area contributed by atoms with Crippen LogP contribution in [0.2, 0.25) is 0 Å². The molecule has 1 N–H and O–H groups in total. The van der Waals surface area contributed by atoms with Crippen LogP contribution in [0.25, 0.3) is 0 Å². The lowest BCUT2D eigenvalue weighted by molar-refractivity contribution is -0.120. The Balaban J connectivity index is 2.19. The first-order valence-electron chi connectivity index (χ1n) is 9.41. The van der Waals surface area contributed by atoms with Gasteiger partial charge in [-0.05, 0) is 56.7 Å². The lowest BCUT2D eigenvalue weighted by Gasteiger charge is -2.28. The van der Waals surface area contributed by atoms with E-state index < -0.39 is 17.7 Å². The van der Waals surface area contributed by atoms with E-state index in [9.17, 15) is 9.59 Å². The highest BCUT2D eigenvalue weighted by molar-refractivity contribution is 5.98. The Bertz CT molecular complexity index is 701. The second kappa shape index (κ2) is 7.79. The van der Waals surface area contributed by atoms with E-state index in [1.54, 1.807) is 7.11 Å². The van der Waals surface area contributed by atoms with Crippen molar-refractivity contribution >= 4 is 17.7 Å². The second-order valence-electron chi connectivity index (χ2n) is 8.99. The molecule has 1 aliphatic heterocycles. The molecule has 6 nitrogen and oxygen atoms in total. The number of likely N-dealkylation sites (tertiary alicyclic amines) is 1. The SMILES string of the molecule is COc1ccc(C(C)(C)C)cc1NC(=O)[C@@H]1CCCN1C(=O)OC(C)(C)C. The maximum absolute atomic E-state index is 12.9. The van der Waals surface area contributed by atoms with Gasteiger partial charge in [-0.25, -0.2) is 4.79 Å². The number of carbonyl (C=O) groups excluding carboxylic acids is 2. The second-order valence-corrected chi connectivity index (χ2v) is 8.99. The maximum atomic E-state index is 12.9. The van der Waals surface area contributed by atoms with E-state index in [2.05, 4.69) is 26.1 Å². The third kappa shape index (κ3) is 5.37. The third-order valence-corrected chi connectivity index (χ3v) is 4.51. The average molecular weight is 376 g/mol. The van der Waals surface area contributed by atoms with Crippen molar-refractivity contribution < 1.29 is 19.1 Å². The number of nitrogens with zero attached hydrogens (tertiary/aromatic N) is 1. The molecule has 0 bridgehead atoms. The lowest BCUT2D eigenvalue weighted by atomic mass is 9.87. The number of hydrogen-bond donors (Lipinski definition) is 1. The minimum Gasteiger partial charge on any atom is -0.495 e. The van der Waals surface area contributed by atoms with Crippen LogP contribution in [0.1, 0.15) is 59.9 Å². The monoisotopic (exact) mass is 376 g/mol. The highest BCUT2D eigenvalue weighted by Crippen LogP contribution is 2.32. The number of benzene rings is 1. The Kier molecular flexibility index (Phi) is 6.07. The quantitative estimate of drug-likeness (QED) is 0.852. The summed E-state index contributed by atoms with van der Waals surface area (Å²) in [6.07, 6.45) is 0.943. The van der Waals surface area contributed by atoms with Gasteiger partial charge in [0.2, 0.25) is 5.91 Å². The van der Waals surface area contributed by atoms with Gasteiger partial charge in [0.1, 0.15) is 17.4 Å². The first-order chi connectivity index (χ1) is 12.4. The summed E-state index contributed by atoms with van der Waals surface area (Å²) in [4.78, 5) is 26.9. The Morgan fingerprint density at radius 2 is 1.81 bits per heavy atom. The summed E-state index contributed by atoms with van der Waals surface area (Å²) in [5.74, 6) is 0.376. The number of carbonyl (C=O) groups is 2. The van der Waals surface area contributed by atoms with Gasteiger partial charge in [-0.2, -0.15) is 0 Å². The number of amides is 2. The molecule has 1 heterocycles. The molecule has 0 aliphatic carbocycles. The molecule has 2 amide bonds. The van der Waals surface area contributed by atoms with E-state index >= 15 is 0 Å². The van der Waals surface area contributed by atoms with Gasteiger partial charge in [-0.15, -0.1) is 0 Å². The van der Waals surface area contributed by atoms with Gasteiger partial charge in [0.05, 0.1) is 12.8 Å². The van der Waals surface area contributed by atoms with Crippen LogP contribution in [-0.2, 0) is 14.9 Å². The Labute approximate surface area is 162 Å². The van der Waals surface area contributed by atoms with E-state index in [-0.39, 0.29) is 11.3 Å². The fourth-order valence-electron chi connectivity index (χ4n) is 3.07. The Hall–Kier alpha value is -2.24. The zero-order valence-electron chi connectivity index (χ0n) is 17.5. The molecular formula is C21H32N2O4. The van der Waals surface area contributed by atoms with Crippen LogP contribution < -0.4 is 10.1 Å². The molecule has 0 aromatic heterocycles. The zero-order valence-corrected chi connectivity index (χ0v) is 17.5. The van der Waals surface area contributed by atoms with Crippen molar-refractivity contribution in [3.8, 4) is 5.75 Å². The molecule has 6 heteroatoms. The lowest BCUT2D eigenvalue weighted by Crippen LogP contribution is -2.45. The molecule has 1 fully saturated rings. The smallest absolute Gasteiger partial charge is 0.410 e. The van der Waals surface area contributed by atoms with Crippen LogP contribution in [-0.4, -0.2) is 42.2 Å². The summed E-state index contributed by atoms with van der Waals surface area (Å²) in [6.45, 7) is 12.3. The molecule has 27 heavy (non-hydrogen) atoms. The van der Waals surface area contributed by atoms with E-state index in [0.29, 0.717) is 24.4 Å². The van der Waals surface area contributed by atoms with Gasteiger partial charge in [-0.1, -0.05) is 26.8 Å². The molecule has 0 radical (unpaired) electrons. The molecule has 1 saturated heterocycles. The Morgan fingerprint density at radius 1 is 1.15 bits per heavy atom. The minimum absolute atomic E-state index is 0.0539. The predicted octanol–water partition coefficient (Wildman–Crippen LogP) is 4.33. The number of methoxy groups -OCH3 is 1. The van der Waals surface area contributed by atoms with Gasteiger partial charge in [0, 0.05) is 6.54 Å². The van der Waals surface area contributed by atoms with Gasteiger partial charge in [-0.3, -0.25) is 9.69 Å². The van der Waals surface area contributed by atoms with Crippen molar-refractivity contribution in [2.24, 2.45) is 0 Å². The standard InChI is InChI=1S/C21H32N2O4/c1-20(2,3)14-10-11-17(26-7)15(13-14)22-18(24)16-9-8-12-23(16)19(25)27-21(4,5)6/h10-11,13,16H,8-9,12H2,1-7H3,(H,22,24)/t16-/m0/s1. The van der Waals surface area contributed by atoms with Crippen LogP contribution in [0, 0.1) is 0 Å².